The second kappa shape index (κ2) is 5.48. The Morgan fingerprint density at radius 1 is 1.39 bits per heavy atom. The zero-order valence-electron chi connectivity index (χ0n) is 12.3. The van der Waals surface area contributed by atoms with E-state index < -0.39 is 0 Å². The average Bonchev–Trinajstić information content (AvgIpc) is 2.78. The van der Waals surface area contributed by atoms with Crippen LogP contribution in [0.2, 0.25) is 0 Å². The summed E-state index contributed by atoms with van der Waals surface area (Å²) in [4.78, 5) is 0. The van der Waals surface area contributed by atoms with Gasteiger partial charge in [-0.1, -0.05) is 33.6 Å². The lowest BCUT2D eigenvalue weighted by atomic mass is 9.70. The molecule has 0 radical (unpaired) electrons. The highest BCUT2D eigenvalue weighted by Gasteiger charge is 2.44. The van der Waals surface area contributed by atoms with Gasteiger partial charge in [0, 0.05) is 12.6 Å². The van der Waals surface area contributed by atoms with Gasteiger partial charge in [0.2, 0.25) is 0 Å². The molecule has 1 saturated heterocycles. The number of nitrogens with one attached hydrogen (secondary N) is 1. The molecular weight excluding hydrogens is 224 g/mol. The molecule has 2 fully saturated rings. The lowest BCUT2D eigenvalue weighted by Gasteiger charge is -2.45. The van der Waals surface area contributed by atoms with Crippen molar-refractivity contribution in [3.63, 3.8) is 0 Å². The molecule has 3 N–H and O–H groups in total. The number of hydrogen-bond donors (Lipinski definition) is 2. The maximum absolute atomic E-state index is 6.13. The number of rotatable bonds is 4. The summed E-state index contributed by atoms with van der Waals surface area (Å²) in [5.41, 5.74) is 3.57. The largest absolute Gasteiger partial charge is 0.375 e. The molecule has 2 unspecified atom stereocenters. The average molecular weight is 254 g/mol. The van der Waals surface area contributed by atoms with E-state index in [0.29, 0.717) is 12.0 Å². The Labute approximate surface area is 112 Å². The van der Waals surface area contributed by atoms with E-state index in [4.69, 9.17) is 10.6 Å². The van der Waals surface area contributed by atoms with Crippen LogP contribution in [0.1, 0.15) is 65.7 Å². The van der Waals surface area contributed by atoms with Crippen LogP contribution in [-0.2, 0) is 4.74 Å². The minimum absolute atomic E-state index is 0.196. The predicted molar refractivity (Wildman–Crippen MR) is 75.1 cm³/mol. The maximum atomic E-state index is 6.13. The second-order valence-electron chi connectivity index (χ2n) is 6.98. The van der Waals surface area contributed by atoms with Crippen LogP contribution < -0.4 is 11.3 Å². The van der Waals surface area contributed by atoms with Gasteiger partial charge in [-0.3, -0.25) is 11.3 Å². The van der Waals surface area contributed by atoms with E-state index in [9.17, 15) is 0 Å². The lowest BCUT2D eigenvalue weighted by Crippen LogP contribution is -2.54. The highest BCUT2D eigenvalue weighted by molar-refractivity contribution is 4.97. The van der Waals surface area contributed by atoms with Crippen molar-refractivity contribution in [3.8, 4) is 0 Å². The third-order valence-electron chi connectivity index (χ3n) is 5.45. The standard InChI is InChI=1S/C15H30N2O/c1-4-14(2,3)13(17-16)12-7-10-18-15(11-12)8-5-6-9-15/h12-13,17H,4-11,16H2,1-3H3. The van der Waals surface area contributed by atoms with Crippen LogP contribution in [0.15, 0.2) is 0 Å². The van der Waals surface area contributed by atoms with E-state index in [2.05, 4.69) is 26.2 Å². The van der Waals surface area contributed by atoms with Crippen molar-refractivity contribution in [2.24, 2.45) is 17.2 Å². The number of hydrazine groups is 1. The fraction of sp³-hybridized carbons (Fsp3) is 1.00. The van der Waals surface area contributed by atoms with Crippen molar-refractivity contribution < 1.29 is 4.74 Å². The van der Waals surface area contributed by atoms with Gasteiger partial charge in [0.15, 0.2) is 0 Å². The minimum Gasteiger partial charge on any atom is -0.375 e. The molecule has 2 rings (SSSR count). The number of ether oxygens (including phenoxy) is 1. The summed E-state index contributed by atoms with van der Waals surface area (Å²) in [5.74, 6) is 6.53. The summed E-state index contributed by atoms with van der Waals surface area (Å²) in [5, 5.41) is 0. The molecule has 1 aliphatic heterocycles. The van der Waals surface area contributed by atoms with Crippen LogP contribution in [0.3, 0.4) is 0 Å². The van der Waals surface area contributed by atoms with Crippen molar-refractivity contribution in [1.29, 1.82) is 0 Å². The zero-order chi connectivity index (χ0) is 13.2. The van der Waals surface area contributed by atoms with Crippen LogP contribution in [0.5, 0.6) is 0 Å². The molecule has 106 valence electrons. The smallest absolute Gasteiger partial charge is 0.0685 e. The first-order chi connectivity index (χ1) is 8.53. The fourth-order valence-electron chi connectivity index (χ4n) is 3.94. The SMILES string of the molecule is CCC(C)(C)C(NN)C1CCOC2(CCCC2)C1. The van der Waals surface area contributed by atoms with Crippen LogP contribution in [0, 0.1) is 11.3 Å². The molecular formula is C15H30N2O. The quantitative estimate of drug-likeness (QED) is 0.599. The summed E-state index contributed by atoms with van der Waals surface area (Å²) in [6.07, 6.45) is 8.70. The molecule has 18 heavy (non-hydrogen) atoms. The van der Waals surface area contributed by atoms with E-state index in [1.54, 1.807) is 0 Å². The number of nitrogens with two attached hydrogens (primary N) is 1. The van der Waals surface area contributed by atoms with Crippen molar-refractivity contribution in [1.82, 2.24) is 5.43 Å². The third kappa shape index (κ3) is 2.73. The lowest BCUT2D eigenvalue weighted by molar-refractivity contribution is -0.105. The van der Waals surface area contributed by atoms with E-state index in [1.165, 1.54) is 32.1 Å². The van der Waals surface area contributed by atoms with Gasteiger partial charge in [-0.25, -0.2) is 0 Å². The minimum atomic E-state index is 0.196. The Morgan fingerprint density at radius 2 is 2.06 bits per heavy atom. The summed E-state index contributed by atoms with van der Waals surface area (Å²) in [6.45, 7) is 7.83. The van der Waals surface area contributed by atoms with Crippen molar-refractivity contribution in [3.05, 3.63) is 0 Å². The molecule has 0 amide bonds. The summed E-state index contributed by atoms with van der Waals surface area (Å²) >= 11 is 0. The Bertz CT molecular complexity index is 272. The Hall–Kier alpha value is -0.120. The molecule has 0 aromatic carbocycles. The summed E-state index contributed by atoms with van der Waals surface area (Å²) < 4.78 is 6.13. The first kappa shape index (κ1) is 14.3. The van der Waals surface area contributed by atoms with Gasteiger partial charge in [0.05, 0.1) is 5.60 Å². The van der Waals surface area contributed by atoms with Crippen LogP contribution in [0.4, 0.5) is 0 Å². The van der Waals surface area contributed by atoms with E-state index >= 15 is 0 Å². The highest BCUT2D eigenvalue weighted by Crippen LogP contribution is 2.45. The van der Waals surface area contributed by atoms with E-state index in [1.807, 2.05) is 0 Å². The topological polar surface area (TPSA) is 47.3 Å². The predicted octanol–water partition coefficient (Wildman–Crippen LogP) is 2.99. The van der Waals surface area contributed by atoms with Gasteiger partial charge in [-0.05, 0) is 43.4 Å². The molecule has 2 aliphatic rings. The molecule has 0 aromatic heterocycles. The molecule has 1 heterocycles. The molecule has 3 heteroatoms. The third-order valence-corrected chi connectivity index (χ3v) is 5.45. The van der Waals surface area contributed by atoms with Crippen molar-refractivity contribution in [2.45, 2.75) is 77.4 Å². The summed E-state index contributed by atoms with van der Waals surface area (Å²) in [6, 6.07) is 0.406. The second-order valence-corrected chi connectivity index (χ2v) is 6.98. The van der Waals surface area contributed by atoms with Crippen LogP contribution in [0.25, 0.3) is 0 Å². The molecule has 1 saturated carbocycles. The van der Waals surface area contributed by atoms with Gasteiger partial charge in [-0.2, -0.15) is 0 Å². The summed E-state index contributed by atoms with van der Waals surface area (Å²) in [7, 11) is 0. The van der Waals surface area contributed by atoms with Gasteiger partial charge in [-0.15, -0.1) is 0 Å². The highest BCUT2D eigenvalue weighted by atomic mass is 16.5. The first-order valence-corrected chi connectivity index (χ1v) is 7.63. The van der Waals surface area contributed by atoms with Gasteiger partial charge >= 0.3 is 0 Å². The Kier molecular flexibility index (Phi) is 4.35. The van der Waals surface area contributed by atoms with Crippen molar-refractivity contribution in [2.75, 3.05) is 6.61 Å². The molecule has 1 spiro atoms. The molecule has 3 nitrogen and oxygen atoms in total. The number of hydrogen-bond acceptors (Lipinski definition) is 3. The molecule has 0 bridgehead atoms. The molecule has 0 aromatic rings. The maximum Gasteiger partial charge on any atom is 0.0685 e. The van der Waals surface area contributed by atoms with E-state index in [0.717, 1.165) is 19.4 Å². The Morgan fingerprint density at radius 3 is 2.61 bits per heavy atom. The van der Waals surface area contributed by atoms with Crippen LogP contribution in [-0.4, -0.2) is 18.2 Å². The zero-order valence-corrected chi connectivity index (χ0v) is 12.3. The van der Waals surface area contributed by atoms with Crippen LogP contribution >= 0.6 is 0 Å². The van der Waals surface area contributed by atoms with Gasteiger partial charge < -0.3 is 4.74 Å². The van der Waals surface area contributed by atoms with Gasteiger partial charge in [0.25, 0.3) is 0 Å². The first-order valence-electron chi connectivity index (χ1n) is 7.63. The molecule has 1 aliphatic carbocycles. The van der Waals surface area contributed by atoms with E-state index in [-0.39, 0.29) is 11.0 Å². The van der Waals surface area contributed by atoms with Gasteiger partial charge in [0.1, 0.15) is 0 Å². The fourth-order valence-corrected chi connectivity index (χ4v) is 3.94. The molecule has 2 atom stereocenters. The van der Waals surface area contributed by atoms with Crippen molar-refractivity contribution >= 4 is 0 Å². The normalized spacial score (nSPS) is 29.7. The monoisotopic (exact) mass is 254 g/mol. The Balaban J connectivity index is 2.07.